The predicted octanol–water partition coefficient (Wildman–Crippen LogP) is 8.19. The average molecular weight is 686 g/mol. The number of azo groups is 1. The quantitative estimate of drug-likeness (QED) is 0.104. The monoisotopic (exact) mass is 685 g/mol. The molecule has 11 nitrogen and oxygen atoms in total. The van der Waals surface area contributed by atoms with Gasteiger partial charge in [-0.1, -0.05) is 61.9 Å². The Morgan fingerprint density at radius 1 is 0.765 bits per heavy atom. The molecule has 0 atom stereocenters. The summed E-state index contributed by atoms with van der Waals surface area (Å²) in [5.41, 5.74) is 7.54. The third-order valence-corrected chi connectivity index (χ3v) is 8.35. The van der Waals surface area contributed by atoms with E-state index in [0.717, 1.165) is 46.4 Å². The first-order valence-electron chi connectivity index (χ1n) is 16.8. The van der Waals surface area contributed by atoms with Crippen LogP contribution in [0.1, 0.15) is 60.8 Å². The highest BCUT2D eigenvalue weighted by molar-refractivity contribution is 6.00. The van der Waals surface area contributed by atoms with Gasteiger partial charge in [-0.15, -0.1) is 10.2 Å². The SMILES string of the molecule is CC(=O)CN=C(C)c1c(C)[nH]n(-c2cc(C)cc(C)c2)c1=O.CCCc1ccc(-n2[nH]c(C)c(N=Nc3ccc4ccccc4c3O)c2=O)cc1. The van der Waals surface area contributed by atoms with Crippen LogP contribution in [-0.2, 0) is 11.2 Å². The molecule has 4 aromatic carbocycles. The molecule has 0 aliphatic carbocycles. The number of fused-ring (bicyclic) bond motifs is 1. The first-order valence-corrected chi connectivity index (χ1v) is 16.8. The van der Waals surface area contributed by atoms with Crippen molar-refractivity contribution in [3.63, 3.8) is 0 Å². The van der Waals surface area contributed by atoms with Crippen LogP contribution in [0.15, 0.2) is 104 Å². The second kappa shape index (κ2) is 15.6. The fraction of sp³-hybridized carbons (Fsp3) is 0.250. The molecule has 0 saturated heterocycles. The van der Waals surface area contributed by atoms with Crippen molar-refractivity contribution in [1.82, 2.24) is 19.6 Å². The van der Waals surface area contributed by atoms with Crippen molar-refractivity contribution in [3.8, 4) is 17.1 Å². The summed E-state index contributed by atoms with van der Waals surface area (Å²) in [6, 6.07) is 24.9. The predicted molar refractivity (Wildman–Crippen MR) is 203 cm³/mol. The van der Waals surface area contributed by atoms with Crippen molar-refractivity contribution in [2.24, 2.45) is 15.2 Å². The van der Waals surface area contributed by atoms with Gasteiger partial charge in [0.25, 0.3) is 11.1 Å². The number of nitrogens with one attached hydrogen (secondary N) is 2. The highest BCUT2D eigenvalue weighted by Gasteiger charge is 2.16. The summed E-state index contributed by atoms with van der Waals surface area (Å²) in [6.45, 7) is 13.1. The lowest BCUT2D eigenvalue weighted by molar-refractivity contribution is -0.115. The minimum Gasteiger partial charge on any atom is -0.505 e. The molecule has 0 unspecified atom stereocenters. The molecule has 0 radical (unpaired) electrons. The maximum Gasteiger partial charge on any atom is 0.299 e. The molecule has 0 aliphatic rings. The number of aromatic hydroxyl groups is 1. The van der Waals surface area contributed by atoms with Crippen LogP contribution in [0, 0.1) is 27.7 Å². The van der Waals surface area contributed by atoms with Gasteiger partial charge >= 0.3 is 0 Å². The third-order valence-electron chi connectivity index (χ3n) is 8.35. The Bertz CT molecular complexity index is 2370. The number of carbonyl (C=O) groups excluding carboxylic acids is 1. The lowest BCUT2D eigenvalue weighted by Gasteiger charge is -2.05. The van der Waals surface area contributed by atoms with E-state index in [-0.39, 0.29) is 34.9 Å². The summed E-state index contributed by atoms with van der Waals surface area (Å²) in [7, 11) is 0. The molecule has 2 heterocycles. The molecule has 0 fully saturated rings. The van der Waals surface area contributed by atoms with Crippen LogP contribution in [0.5, 0.6) is 5.75 Å². The van der Waals surface area contributed by atoms with E-state index in [9.17, 15) is 19.5 Å². The van der Waals surface area contributed by atoms with Crippen LogP contribution in [0.4, 0.5) is 11.4 Å². The molecule has 262 valence electrons. The summed E-state index contributed by atoms with van der Waals surface area (Å²) < 4.78 is 2.98. The number of aromatic amines is 2. The highest BCUT2D eigenvalue weighted by Crippen LogP contribution is 2.35. The Labute approximate surface area is 296 Å². The minimum absolute atomic E-state index is 0.0258. The summed E-state index contributed by atoms with van der Waals surface area (Å²) in [5, 5.41) is 26.5. The summed E-state index contributed by atoms with van der Waals surface area (Å²) in [6.07, 6.45) is 2.08. The third kappa shape index (κ3) is 8.21. The molecule has 6 rings (SSSR count). The van der Waals surface area contributed by atoms with Crippen molar-refractivity contribution in [3.05, 3.63) is 133 Å². The number of ketones is 1. The molecular formula is C40H43N7O4. The summed E-state index contributed by atoms with van der Waals surface area (Å²) in [4.78, 5) is 40.7. The van der Waals surface area contributed by atoms with Crippen molar-refractivity contribution in [1.29, 1.82) is 0 Å². The smallest absolute Gasteiger partial charge is 0.299 e. The maximum absolute atomic E-state index is 12.8. The number of H-pyrrole nitrogens is 2. The van der Waals surface area contributed by atoms with E-state index in [2.05, 4.69) is 38.4 Å². The number of hydrogen-bond acceptors (Lipinski definition) is 7. The first-order chi connectivity index (χ1) is 24.4. The van der Waals surface area contributed by atoms with E-state index in [1.165, 1.54) is 21.9 Å². The maximum atomic E-state index is 12.8. The lowest BCUT2D eigenvalue weighted by Crippen LogP contribution is -2.20. The summed E-state index contributed by atoms with van der Waals surface area (Å²) in [5.74, 6) is 0.0223. The van der Waals surface area contributed by atoms with Crippen LogP contribution in [0.25, 0.3) is 22.1 Å². The fourth-order valence-corrected chi connectivity index (χ4v) is 5.91. The van der Waals surface area contributed by atoms with Crippen LogP contribution in [0.3, 0.4) is 0 Å². The molecule has 51 heavy (non-hydrogen) atoms. The van der Waals surface area contributed by atoms with Crippen LogP contribution in [-0.4, -0.2) is 42.7 Å². The van der Waals surface area contributed by atoms with Crippen LogP contribution < -0.4 is 11.1 Å². The number of aliphatic imine (C=N–C) groups is 1. The molecule has 0 amide bonds. The van der Waals surface area contributed by atoms with Crippen molar-refractivity contribution >= 4 is 33.6 Å². The molecular weight excluding hydrogens is 642 g/mol. The van der Waals surface area contributed by atoms with Gasteiger partial charge in [-0.05, 0) is 100 Å². The zero-order valence-electron chi connectivity index (χ0n) is 30.0. The van der Waals surface area contributed by atoms with Crippen LogP contribution in [0.2, 0.25) is 0 Å². The molecule has 0 saturated carbocycles. The molecule has 11 heteroatoms. The molecule has 6 aromatic rings. The molecule has 0 aliphatic heterocycles. The molecule has 3 N–H and O–H groups in total. The molecule has 0 spiro atoms. The number of rotatable bonds is 9. The number of hydrogen-bond donors (Lipinski definition) is 3. The number of aryl methyl sites for hydroxylation is 5. The second-order valence-electron chi connectivity index (χ2n) is 12.7. The van der Waals surface area contributed by atoms with Gasteiger partial charge < -0.3 is 5.11 Å². The van der Waals surface area contributed by atoms with E-state index in [1.807, 2.05) is 87.5 Å². The average Bonchev–Trinajstić information content (AvgIpc) is 3.56. The first kappa shape index (κ1) is 36.2. The van der Waals surface area contributed by atoms with Gasteiger partial charge in [0, 0.05) is 16.8 Å². The van der Waals surface area contributed by atoms with E-state index < -0.39 is 0 Å². The van der Waals surface area contributed by atoms with Gasteiger partial charge in [0.2, 0.25) is 0 Å². The fourth-order valence-electron chi connectivity index (χ4n) is 5.91. The van der Waals surface area contributed by atoms with Gasteiger partial charge in [-0.3, -0.25) is 29.6 Å². The van der Waals surface area contributed by atoms with Gasteiger partial charge in [0.05, 0.1) is 29.2 Å². The number of nitrogens with zero attached hydrogens (tertiary/aromatic N) is 5. The van der Waals surface area contributed by atoms with Gasteiger partial charge in [0.15, 0.2) is 17.2 Å². The number of aromatic nitrogens is 4. The van der Waals surface area contributed by atoms with E-state index >= 15 is 0 Å². The van der Waals surface area contributed by atoms with Crippen molar-refractivity contribution in [2.75, 3.05) is 6.54 Å². The van der Waals surface area contributed by atoms with Crippen molar-refractivity contribution in [2.45, 2.75) is 61.3 Å². The Balaban J connectivity index is 0.000000206. The summed E-state index contributed by atoms with van der Waals surface area (Å²) >= 11 is 0. The minimum atomic E-state index is -0.283. The normalized spacial score (nSPS) is 11.6. The van der Waals surface area contributed by atoms with Gasteiger partial charge in [-0.2, -0.15) is 0 Å². The second-order valence-corrected chi connectivity index (χ2v) is 12.7. The van der Waals surface area contributed by atoms with Crippen LogP contribution >= 0.6 is 0 Å². The number of carbonyl (C=O) groups is 1. The Morgan fingerprint density at radius 2 is 1.41 bits per heavy atom. The van der Waals surface area contributed by atoms with E-state index in [4.69, 9.17) is 0 Å². The Kier molecular flexibility index (Phi) is 11.1. The number of phenols is 1. The number of benzene rings is 4. The number of phenolic OH excluding ortho intramolecular Hbond substituents is 1. The van der Waals surface area contributed by atoms with Gasteiger partial charge in [0.1, 0.15) is 5.69 Å². The zero-order valence-corrected chi connectivity index (χ0v) is 30.0. The molecule has 2 aromatic heterocycles. The zero-order chi connectivity index (χ0) is 36.8. The Morgan fingerprint density at radius 3 is 2.08 bits per heavy atom. The topological polar surface area (TPSA) is 150 Å². The highest BCUT2D eigenvalue weighted by atomic mass is 16.3. The Hall–Kier alpha value is -6.10. The number of Topliss-reactive ketones (excluding diaryl/α,β-unsaturated/α-hetero) is 1. The van der Waals surface area contributed by atoms with Crippen molar-refractivity contribution < 1.29 is 9.90 Å². The lowest BCUT2D eigenvalue weighted by atomic mass is 10.1. The van der Waals surface area contributed by atoms with E-state index in [1.54, 1.807) is 19.9 Å². The standard InChI is InChI=1S/C23H22N4O2.C17H21N3O2/c1-3-6-16-9-12-18(13-10-16)27-23(29)21(15(2)26-27)25-24-20-14-11-17-7-4-5-8-19(17)22(20)28;1-10-6-11(2)8-15(7-10)20-17(22)16(14(5)19-20)13(4)18-9-12(3)21/h4-5,7-14,26,28H,3,6H2,1-2H3;6-8,19H,9H2,1-5H3. The molecule has 0 bridgehead atoms. The largest absolute Gasteiger partial charge is 0.505 e. The van der Waals surface area contributed by atoms with Gasteiger partial charge in [-0.25, -0.2) is 9.36 Å². The van der Waals surface area contributed by atoms with E-state index in [0.29, 0.717) is 28.0 Å².